The van der Waals surface area contributed by atoms with Gasteiger partial charge in [-0.2, -0.15) is 0 Å². The Kier molecular flexibility index (Phi) is 17.0. The molecule has 4 aliphatic rings. The van der Waals surface area contributed by atoms with Crippen LogP contribution in [0.25, 0.3) is 0 Å². The average molecular weight is 893 g/mol. The zero-order chi connectivity index (χ0) is 47.2. The van der Waals surface area contributed by atoms with Crippen molar-refractivity contribution in [1.29, 1.82) is 0 Å². The van der Waals surface area contributed by atoms with Gasteiger partial charge in [0.05, 0.1) is 5.92 Å². The molecule has 0 saturated carbocycles. The number of carbonyl (C=O) groups is 8. The number of rotatable bonds is 7. The number of amides is 6. The summed E-state index contributed by atoms with van der Waals surface area (Å²) in [7, 11) is 1.51. The normalized spacial score (nSPS) is 30.8. The molecule has 64 heavy (non-hydrogen) atoms. The van der Waals surface area contributed by atoms with E-state index in [0.717, 1.165) is 5.56 Å². The molecule has 4 heterocycles. The van der Waals surface area contributed by atoms with Crippen LogP contribution in [0.5, 0.6) is 0 Å². The SMILES string of the molecule is CCC(C)C1C(=O)N2CCCC2C(=O)NC(C(C)Cc2ccccc2)C(=O)N2CCCC2C(=O)NC(C(C)C)C(C)C(=O)OC(C)C(=O)N2CCCC2C(=O)OC(C(C)C)C(=O)N1C. The molecule has 16 heteroatoms. The van der Waals surface area contributed by atoms with Gasteiger partial charge in [-0.15, -0.1) is 0 Å². The summed E-state index contributed by atoms with van der Waals surface area (Å²) >= 11 is 0. The van der Waals surface area contributed by atoms with Gasteiger partial charge in [-0.05, 0) is 88.0 Å². The van der Waals surface area contributed by atoms with E-state index < -0.39 is 114 Å². The van der Waals surface area contributed by atoms with Crippen molar-refractivity contribution in [3.05, 3.63) is 35.9 Å². The van der Waals surface area contributed by atoms with Crippen LogP contribution < -0.4 is 10.6 Å². The Bertz CT molecular complexity index is 1880. The van der Waals surface area contributed by atoms with E-state index in [0.29, 0.717) is 44.9 Å². The minimum atomic E-state index is -1.30. The number of benzene rings is 1. The monoisotopic (exact) mass is 893 g/mol. The van der Waals surface area contributed by atoms with E-state index in [1.54, 1.807) is 20.8 Å². The van der Waals surface area contributed by atoms with E-state index in [1.165, 1.54) is 33.6 Å². The Morgan fingerprint density at radius 3 is 1.70 bits per heavy atom. The van der Waals surface area contributed by atoms with Gasteiger partial charge in [0.1, 0.15) is 30.2 Å². The molecule has 4 aliphatic heterocycles. The number of hydrogen-bond acceptors (Lipinski definition) is 10. The number of fused-ring (bicyclic) bond motifs is 3. The zero-order valence-electron chi connectivity index (χ0n) is 39.5. The number of esters is 2. The molecule has 0 spiro atoms. The maximum absolute atomic E-state index is 14.8. The van der Waals surface area contributed by atoms with Crippen molar-refractivity contribution in [2.24, 2.45) is 29.6 Å². The van der Waals surface area contributed by atoms with Gasteiger partial charge in [-0.1, -0.05) is 85.2 Å². The lowest BCUT2D eigenvalue weighted by atomic mass is 9.91. The first-order valence-corrected chi connectivity index (χ1v) is 23.5. The molecule has 0 bridgehead atoms. The van der Waals surface area contributed by atoms with E-state index in [2.05, 4.69) is 10.6 Å². The summed E-state index contributed by atoms with van der Waals surface area (Å²) in [6.45, 7) is 16.6. The molecule has 11 atom stereocenters. The number of nitrogens with zero attached hydrogens (tertiary/aromatic N) is 4. The Balaban J connectivity index is 1.55. The number of ether oxygens (including phenoxy) is 2. The molecule has 4 fully saturated rings. The number of carbonyl (C=O) groups excluding carboxylic acids is 8. The Labute approximate surface area is 378 Å². The summed E-state index contributed by atoms with van der Waals surface area (Å²) in [6, 6.07) is 3.94. The number of nitrogens with one attached hydrogen (secondary N) is 2. The Morgan fingerprint density at radius 1 is 0.625 bits per heavy atom. The first-order chi connectivity index (χ1) is 30.3. The van der Waals surface area contributed by atoms with Gasteiger partial charge in [-0.25, -0.2) is 4.79 Å². The van der Waals surface area contributed by atoms with Crippen LogP contribution in [0.4, 0.5) is 0 Å². The van der Waals surface area contributed by atoms with E-state index in [-0.39, 0.29) is 37.9 Å². The highest BCUT2D eigenvalue weighted by Gasteiger charge is 2.47. The molecule has 0 aliphatic carbocycles. The van der Waals surface area contributed by atoms with Crippen LogP contribution in [0.15, 0.2) is 30.3 Å². The van der Waals surface area contributed by atoms with Crippen molar-refractivity contribution >= 4 is 47.4 Å². The van der Waals surface area contributed by atoms with Gasteiger partial charge in [0, 0.05) is 32.7 Å². The van der Waals surface area contributed by atoms with Crippen molar-refractivity contribution in [1.82, 2.24) is 30.2 Å². The van der Waals surface area contributed by atoms with E-state index in [4.69, 9.17) is 9.47 Å². The predicted molar refractivity (Wildman–Crippen MR) is 238 cm³/mol. The van der Waals surface area contributed by atoms with Crippen molar-refractivity contribution < 1.29 is 47.8 Å². The fraction of sp³-hybridized carbons (Fsp3) is 0.708. The summed E-state index contributed by atoms with van der Waals surface area (Å²) in [5.74, 6) is -6.94. The molecule has 0 radical (unpaired) electrons. The van der Waals surface area contributed by atoms with Crippen molar-refractivity contribution in [3.8, 4) is 0 Å². The summed E-state index contributed by atoms with van der Waals surface area (Å²) in [4.78, 5) is 120. The van der Waals surface area contributed by atoms with Crippen molar-refractivity contribution in [2.75, 3.05) is 26.7 Å². The fourth-order valence-electron chi connectivity index (χ4n) is 9.90. The van der Waals surface area contributed by atoms with Gasteiger partial charge < -0.3 is 39.7 Å². The van der Waals surface area contributed by atoms with Gasteiger partial charge >= 0.3 is 11.9 Å². The third-order valence-corrected chi connectivity index (χ3v) is 13.9. The highest BCUT2D eigenvalue weighted by Crippen LogP contribution is 2.29. The number of likely N-dealkylation sites (N-methyl/N-ethyl adjacent to an activating group) is 1. The highest BCUT2D eigenvalue weighted by molar-refractivity contribution is 5.97. The molecule has 0 aromatic heterocycles. The molecule has 6 amide bonds. The van der Waals surface area contributed by atoms with Crippen LogP contribution in [0.2, 0.25) is 0 Å². The van der Waals surface area contributed by atoms with Crippen LogP contribution in [-0.4, -0.2) is 142 Å². The smallest absolute Gasteiger partial charge is 0.329 e. The quantitative estimate of drug-likeness (QED) is 0.384. The lowest BCUT2D eigenvalue weighted by molar-refractivity contribution is -0.172. The molecular formula is C48H72N6O10. The summed E-state index contributed by atoms with van der Waals surface area (Å²) in [5.41, 5.74) is 0.956. The zero-order valence-corrected chi connectivity index (χ0v) is 39.5. The second kappa shape index (κ2) is 21.8. The van der Waals surface area contributed by atoms with Gasteiger partial charge in [0.25, 0.3) is 11.8 Å². The molecule has 1 aromatic rings. The van der Waals surface area contributed by atoms with Crippen LogP contribution >= 0.6 is 0 Å². The molecule has 354 valence electrons. The summed E-state index contributed by atoms with van der Waals surface area (Å²) < 4.78 is 11.7. The first-order valence-electron chi connectivity index (χ1n) is 23.5. The number of cyclic esters (lactones) is 2. The molecule has 2 N–H and O–H groups in total. The predicted octanol–water partition coefficient (Wildman–Crippen LogP) is 3.49. The maximum atomic E-state index is 14.8. The molecule has 11 unspecified atom stereocenters. The van der Waals surface area contributed by atoms with Gasteiger partial charge in [-0.3, -0.25) is 33.6 Å². The minimum Gasteiger partial charge on any atom is -0.452 e. The lowest BCUT2D eigenvalue weighted by Crippen LogP contribution is -2.61. The average Bonchev–Trinajstić information content (AvgIpc) is 4.07. The van der Waals surface area contributed by atoms with Crippen LogP contribution in [-0.2, 0) is 54.3 Å². The summed E-state index contributed by atoms with van der Waals surface area (Å²) in [6.07, 6.45) is 0.895. The Hall–Kier alpha value is -5.02. The van der Waals surface area contributed by atoms with Crippen LogP contribution in [0.3, 0.4) is 0 Å². The second-order valence-corrected chi connectivity index (χ2v) is 19.2. The van der Waals surface area contributed by atoms with Gasteiger partial charge in [0.15, 0.2) is 12.2 Å². The topological polar surface area (TPSA) is 192 Å². The van der Waals surface area contributed by atoms with Gasteiger partial charge in [0.2, 0.25) is 23.6 Å². The minimum absolute atomic E-state index is 0.207. The molecule has 4 saturated heterocycles. The lowest BCUT2D eigenvalue weighted by Gasteiger charge is -2.38. The molecule has 16 nitrogen and oxygen atoms in total. The third kappa shape index (κ3) is 11.1. The number of hydrogen-bond donors (Lipinski definition) is 2. The van der Waals surface area contributed by atoms with Crippen LogP contribution in [0.1, 0.15) is 113 Å². The maximum Gasteiger partial charge on any atom is 0.329 e. The van der Waals surface area contributed by atoms with E-state index >= 15 is 0 Å². The second-order valence-electron chi connectivity index (χ2n) is 19.2. The molecule has 1 aromatic carbocycles. The van der Waals surface area contributed by atoms with Crippen molar-refractivity contribution in [2.45, 2.75) is 162 Å². The largest absolute Gasteiger partial charge is 0.452 e. The summed E-state index contributed by atoms with van der Waals surface area (Å²) in [5, 5.41) is 6.07. The standard InChI is InChI=1S/C48H72N6O10/c1-11-29(6)39-45(59)53-24-16-21-35(53)42(56)50-38(30(7)26-33-18-13-12-14-19-33)44(58)52-23-15-20-34(52)41(55)49-37(27(2)3)31(8)47(61)63-32(9)43(57)54-25-17-22-36(54)48(62)64-40(28(4)5)46(60)51(39)10/h12-14,18-19,27-32,34-40H,11,15-17,20-26H2,1-10H3,(H,49,55)(H,50,56). The molecular weight excluding hydrogens is 821 g/mol. The Morgan fingerprint density at radius 2 is 1.16 bits per heavy atom. The first kappa shape index (κ1) is 50.0. The molecule has 5 rings (SSSR count). The van der Waals surface area contributed by atoms with E-state index in [9.17, 15) is 38.4 Å². The highest BCUT2D eigenvalue weighted by atomic mass is 16.6. The third-order valence-electron chi connectivity index (χ3n) is 13.9. The van der Waals surface area contributed by atoms with Crippen molar-refractivity contribution in [3.63, 3.8) is 0 Å². The fourth-order valence-corrected chi connectivity index (χ4v) is 9.90. The van der Waals surface area contributed by atoms with Crippen LogP contribution in [0, 0.1) is 29.6 Å². The van der Waals surface area contributed by atoms with E-state index in [1.807, 2.05) is 65.0 Å².